The third kappa shape index (κ3) is 6.79. The van der Waals surface area contributed by atoms with Gasteiger partial charge in [0.2, 0.25) is 0 Å². The zero-order chi connectivity index (χ0) is 41.1. The van der Waals surface area contributed by atoms with Crippen LogP contribution in [0.5, 0.6) is 0 Å². The minimum atomic E-state index is -4.07. The summed E-state index contributed by atoms with van der Waals surface area (Å²) in [4.78, 5) is 40.5. The van der Waals surface area contributed by atoms with Gasteiger partial charge in [-0.1, -0.05) is 48.5 Å². The van der Waals surface area contributed by atoms with Crippen LogP contribution in [-0.4, -0.2) is 107 Å². The minimum Gasteiger partial charge on any atom is -0.465 e. The topological polar surface area (TPSA) is 190 Å². The second-order valence-electron chi connectivity index (χ2n) is 17.0. The first-order chi connectivity index (χ1) is 26.8. The molecule has 7 aliphatic heterocycles. The molecule has 2 aliphatic carbocycles. The highest BCUT2D eigenvalue weighted by atomic mass is 28.6. The van der Waals surface area contributed by atoms with Gasteiger partial charge in [0.1, 0.15) is 12.2 Å². The van der Waals surface area contributed by atoms with Crippen LogP contribution >= 0.6 is 0 Å². The summed E-state index contributed by atoms with van der Waals surface area (Å²) in [5.41, 5.74) is -2.12. The second-order valence-corrected chi connectivity index (χ2v) is 42.8. The molecule has 9 fully saturated rings. The summed E-state index contributed by atoms with van der Waals surface area (Å²) in [6.45, 7) is 18.8. The van der Waals surface area contributed by atoms with Crippen molar-refractivity contribution in [2.24, 2.45) is 22.7 Å². The first kappa shape index (κ1) is 43.3. The molecule has 0 N–H and O–H groups in total. The van der Waals surface area contributed by atoms with Crippen molar-refractivity contribution in [2.75, 3.05) is 6.61 Å². The number of ether oxygens (including phenoxy) is 3. The third-order valence-corrected chi connectivity index (χ3v) is 49.6. The standard InChI is InChI=1S/C31H58O18Si8/c1-11-30(8,9)27(32)36-25-23-21-24-26(25)37-29(34)31(24,22-23)28(33)35-19-18-20-57-47-54(15-5)41-51(12-2)38-50(10)39-52(13-3,43-54)45-56(17-7,49-57)46-53(14-4,40-50)44-55(16-6,42-51)48-57/h23-26H,11-22H2,1-10H3. The van der Waals surface area contributed by atoms with Gasteiger partial charge in [0.25, 0.3) is 0 Å². The zero-order valence-corrected chi connectivity index (χ0v) is 42.6. The molecule has 0 aromatic rings. The van der Waals surface area contributed by atoms with Crippen LogP contribution in [0.3, 0.4) is 0 Å². The van der Waals surface area contributed by atoms with E-state index in [1.54, 1.807) is 6.55 Å². The zero-order valence-electron chi connectivity index (χ0n) is 34.6. The van der Waals surface area contributed by atoms with Crippen molar-refractivity contribution in [1.29, 1.82) is 0 Å². The van der Waals surface area contributed by atoms with Gasteiger partial charge in [-0.05, 0) is 39.5 Å². The molecule has 7 saturated heterocycles. The number of hydrogen-bond acceptors (Lipinski definition) is 18. The molecule has 10 bridgehead atoms. The van der Waals surface area contributed by atoms with E-state index < -0.39 is 111 Å². The van der Waals surface area contributed by atoms with Crippen LogP contribution < -0.4 is 0 Å². The van der Waals surface area contributed by atoms with Gasteiger partial charge in [0.05, 0.1) is 12.0 Å². The largest absolute Gasteiger partial charge is 0.479 e. The summed E-state index contributed by atoms with van der Waals surface area (Å²) >= 11 is 0. The Bertz CT molecular complexity index is 1540. The van der Waals surface area contributed by atoms with Crippen molar-refractivity contribution < 1.29 is 78.0 Å². The molecular weight excluding hydrogens is 885 g/mol. The average molecular weight is 943 g/mol. The van der Waals surface area contributed by atoms with Crippen LogP contribution in [0.2, 0.25) is 48.9 Å². The monoisotopic (exact) mass is 942 g/mol. The molecule has 57 heavy (non-hydrogen) atoms. The van der Waals surface area contributed by atoms with Crippen molar-refractivity contribution in [3.05, 3.63) is 0 Å². The first-order valence-electron chi connectivity index (χ1n) is 20.8. The van der Waals surface area contributed by atoms with Crippen molar-refractivity contribution in [3.8, 4) is 0 Å². The van der Waals surface area contributed by atoms with Gasteiger partial charge in [-0.25, -0.2) is 0 Å². The van der Waals surface area contributed by atoms with Crippen molar-refractivity contribution in [2.45, 2.75) is 149 Å². The first-order valence-corrected chi connectivity index (χ1v) is 36.5. The van der Waals surface area contributed by atoms with E-state index in [4.69, 9.17) is 63.6 Å². The highest BCUT2D eigenvalue weighted by Crippen LogP contribution is 2.63. The lowest BCUT2D eigenvalue weighted by atomic mass is 9.73. The molecule has 18 nitrogen and oxygen atoms in total. The molecule has 322 valence electrons. The van der Waals surface area contributed by atoms with Crippen LogP contribution in [0, 0.1) is 22.7 Å². The second kappa shape index (κ2) is 14.4. The number of carbonyl (C=O) groups is 3. The van der Waals surface area contributed by atoms with Crippen molar-refractivity contribution >= 4 is 88.3 Å². The highest BCUT2D eigenvalue weighted by Gasteiger charge is 2.82. The molecular formula is C31H58O18Si8. The maximum absolute atomic E-state index is 14.0. The summed E-state index contributed by atoms with van der Waals surface area (Å²) in [5.74, 6) is -2.23. The molecule has 0 spiro atoms. The average Bonchev–Trinajstić information content (AvgIpc) is 3.75. The van der Waals surface area contributed by atoms with E-state index in [9.17, 15) is 14.4 Å². The number of carbonyl (C=O) groups excluding carboxylic acids is 3. The summed E-state index contributed by atoms with van der Waals surface area (Å²) < 4.78 is 103. The van der Waals surface area contributed by atoms with Crippen molar-refractivity contribution in [1.82, 2.24) is 0 Å². The summed E-state index contributed by atoms with van der Waals surface area (Å²) in [6, 6.07) is 2.11. The molecule has 0 radical (unpaired) electrons. The predicted molar refractivity (Wildman–Crippen MR) is 211 cm³/mol. The van der Waals surface area contributed by atoms with Crippen LogP contribution in [0.15, 0.2) is 0 Å². The molecule has 5 atom stereocenters. The van der Waals surface area contributed by atoms with E-state index in [2.05, 4.69) is 0 Å². The third-order valence-electron chi connectivity index (χ3n) is 12.9. The van der Waals surface area contributed by atoms with Gasteiger partial charge in [-0.3, -0.25) is 14.4 Å². The maximum atomic E-state index is 14.0. The molecule has 7 heterocycles. The van der Waals surface area contributed by atoms with Crippen LogP contribution in [0.25, 0.3) is 0 Å². The quantitative estimate of drug-likeness (QED) is 0.0762. The Morgan fingerprint density at radius 3 is 1.53 bits per heavy atom. The van der Waals surface area contributed by atoms with Crippen molar-refractivity contribution in [3.63, 3.8) is 0 Å². The van der Waals surface area contributed by atoms with Gasteiger partial charge in [-0.15, -0.1) is 0 Å². The SMILES string of the molecule is CCC(C)(C)C(=O)OC1C2CC3C1OC(=O)C3(C(=O)OCCC[Si]13O[Si]4(CC)O[Si]5(CC)O[Si]6(C)O[Si](CC)(O4)O[Si](CC)(O[Si](CC)(O6)O[Si](CC)(O5)O1)O3)C2. The normalized spacial score (nSPS) is 49.2. The molecule has 26 heteroatoms. The highest BCUT2D eigenvalue weighted by molar-refractivity contribution is 7.03. The van der Waals surface area contributed by atoms with Gasteiger partial charge >= 0.3 is 88.3 Å². The van der Waals surface area contributed by atoms with E-state index >= 15 is 0 Å². The Kier molecular flexibility index (Phi) is 10.9. The Labute approximate surface area is 343 Å². The van der Waals surface area contributed by atoms with E-state index in [0.717, 1.165) is 0 Å². The Morgan fingerprint density at radius 1 is 0.684 bits per heavy atom. The number of hydrogen-bond donors (Lipinski definition) is 0. The lowest BCUT2D eigenvalue weighted by molar-refractivity contribution is -0.170. The summed E-state index contributed by atoms with van der Waals surface area (Å²) in [6.07, 6.45) is 0.290. The van der Waals surface area contributed by atoms with Crippen LogP contribution in [0.1, 0.15) is 88.0 Å². The van der Waals surface area contributed by atoms with Crippen LogP contribution in [0.4, 0.5) is 0 Å². The Morgan fingerprint density at radius 2 is 1.11 bits per heavy atom. The molecule has 2 saturated carbocycles. The van der Waals surface area contributed by atoms with Crippen LogP contribution in [-0.2, 0) is 78.0 Å². The minimum absolute atomic E-state index is 0.0781. The fourth-order valence-corrected chi connectivity index (χ4v) is 58.4. The molecule has 9 aliphatic rings. The molecule has 0 aromatic heterocycles. The molecule has 5 unspecified atom stereocenters. The lowest BCUT2D eigenvalue weighted by Crippen LogP contribution is -2.87. The maximum Gasteiger partial charge on any atom is 0.479 e. The molecule has 0 amide bonds. The fraction of sp³-hybridized carbons (Fsp3) is 0.903. The van der Waals surface area contributed by atoms with E-state index in [1.807, 2.05) is 62.3 Å². The van der Waals surface area contributed by atoms with Gasteiger partial charge < -0.3 is 63.6 Å². The number of fused-ring (bicyclic) bond motifs is 1. The molecule has 9 rings (SSSR count). The smallest absolute Gasteiger partial charge is 0.465 e. The number of esters is 3. The summed E-state index contributed by atoms with van der Waals surface area (Å²) in [5, 5.41) is 0. The van der Waals surface area contributed by atoms with E-state index in [1.165, 1.54) is 0 Å². The van der Waals surface area contributed by atoms with E-state index in [-0.39, 0.29) is 37.4 Å². The summed E-state index contributed by atoms with van der Waals surface area (Å²) in [7, 11) is -30.6. The molecule has 0 aromatic carbocycles. The lowest BCUT2D eigenvalue weighted by Gasteiger charge is -2.62. The van der Waals surface area contributed by atoms with Gasteiger partial charge in [0.15, 0.2) is 5.41 Å². The van der Waals surface area contributed by atoms with Gasteiger partial charge in [-0.2, -0.15) is 0 Å². The predicted octanol–water partition coefficient (Wildman–Crippen LogP) is 4.75. The number of rotatable bonds is 14. The van der Waals surface area contributed by atoms with Gasteiger partial charge in [0, 0.05) is 60.7 Å². The Hall–Kier alpha value is -0.335. The fourth-order valence-electron chi connectivity index (χ4n) is 9.37. The Balaban J connectivity index is 1.08. The van der Waals surface area contributed by atoms with E-state index in [0.29, 0.717) is 49.1 Å².